The van der Waals surface area contributed by atoms with Crippen LogP contribution in [0.1, 0.15) is 35.3 Å². The first-order valence-corrected chi connectivity index (χ1v) is 11.0. The lowest BCUT2D eigenvalue weighted by Crippen LogP contribution is -2.57. The smallest absolute Gasteiger partial charge is 0.274 e. The average molecular weight is 458 g/mol. The number of β-amino-alcohol motifs (C(OH)–C–C–N with tert-alkyl or cyclic N) is 1. The van der Waals surface area contributed by atoms with Crippen molar-refractivity contribution in [2.75, 3.05) is 19.8 Å². The highest BCUT2D eigenvalue weighted by atomic mass is 19.1. The molecule has 0 unspecified atom stereocenters. The van der Waals surface area contributed by atoms with Crippen molar-refractivity contribution in [2.45, 2.75) is 50.2 Å². The van der Waals surface area contributed by atoms with Gasteiger partial charge in [0.15, 0.2) is 0 Å². The largest absolute Gasteiger partial charge is 0.389 e. The zero-order valence-corrected chi connectivity index (χ0v) is 18.1. The van der Waals surface area contributed by atoms with Crippen LogP contribution < -0.4 is 5.32 Å². The fourth-order valence-corrected chi connectivity index (χ4v) is 4.21. The molecule has 4 rings (SSSR count). The number of aliphatic hydroxyl groups is 1. The summed E-state index contributed by atoms with van der Waals surface area (Å²) in [6.07, 6.45) is 4.12. The minimum Gasteiger partial charge on any atom is -0.389 e. The fraction of sp³-hybridized carbons (Fsp3) is 0.478. The first-order chi connectivity index (χ1) is 16.0. The number of nitrogens with one attached hydrogen (secondary N) is 1. The number of fused-ring (bicyclic) bond motifs is 1. The third-order valence-corrected chi connectivity index (χ3v) is 5.84. The maximum atomic E-state index is 13.1. The minimum atomic E-state index is -0.818. The number of ether oxygens (including phenoxy) is 2. The highest BCUT2D eigenvalue weighted by Gasteiger charge is 2.40. The second kappa shape index (κ2) is 10.8. The molecule has 2 aromatic rings. The number of carbonyl (C=O) groups excluding carboxylic acids is 2. The summed E-state index contributed by atoms with van der Waals surface area (Å²) >= 11 is 0. The Hall–Kier alpha value is -2.95. The number of nitrogens with zero attached hydrogens (tertiary/aromatic N) is 3. The van der Waals surface area contributed by atoms with E-state index in [0.717, 1.165) is 5.56 Å². The van der Waals surface area contributed by atoms with Crippen molar-refractivity contribution in [1.82, 2.24) is 20.2 Å². The molecule has 33 heavy (non-hydrogen) atoms. The Labute approximate surface area is 190 Å². The number of hydrogen-bond donors (Lipinski definition) is 2. The Morgan fingerprint density at radius 2 is 2.00 bits per heavy atom. The van der Waals surface area contributed by atoms with E-state index in [1.165, 1.54) is 30.7 Å². The molecular formula is C23H27FN4O5. The lowest BCUT2D eigenvalue weighted by Gasteiger charge is -2.44. The van der Waals surface area contributed by atoms with Gasteiger partial charge in [-0.3, -0.25) is 14.6 Å². The third kappa shape index (κ3) is 6.10. The number of halogens is 1. The molecule has 4 atom stereocenters. The second-order valence-corrected chi connectivity index (χ2v) is 8.29. The summed E-state index contributed by atoms with van der Waals surface area (Å²) in [7, 11) is 0. The fourth-order valence-electron chi connectivity index (χ4n) is 4.21. The second-order valence-electron chi connectivity index (χ2n) is 8.29. The van der Waals surface area contributed by atoms with Crippen molar-refractivity contribution in [3.8, 4) is 0 Å². The van der Waals surface area contributed by atoms with Crippen LogP contribution >= 0.6 is 0 Å². The number of aliphatic hydroxyl groups excluding tert-OH is 1. The van der Waals surface area contributed by atoms with E-state index in [0.29, 0.717) is 19.4 Å². The van der Waals surface area contributed by atoms with Crippen LogP contribution in [0.2, 0.25) is 0 Å². The molecule has 0 spiro atoms. The monoisotopic (exact) mass is 458 g/mol. The molecule has 2 fully saturated rings. The standard InChI is InChI=1S/C23H27FN4O5/c24-16-3-1-15(2-4-16)10-27-22(30)9-18-5-6-20-21(33-18)14-32-13-17(29)12-28(20)23(31)19-11-25-7-8-26-19/h1-4,7-8,11,17-18,20-21,29H,5-6,9-10,12-14H2,(H,27,30)/t17-,18-,20+,21-/m1/s1. The quantitative estimate of drug-likeness (QED) is 0.689. The molecule has 3 heterocycles. The molecule has 1 aromatic heterocycles. The van der Waals surface area contributed by atoms with Crippen LogP contribution in [0.15, 0.2) is 42.9 Å². The Balaban J connectivity index is 1.37. The van der Waals surface area contributed by atoms with Gasteiger partial charge in [0.1, 0.15) is 17.6 Å². The summed E-state index contributed by atoms with van der Waals surface area (Å²) in [5, 5.41) is 13.1. The molecule has 0 radical (unpaired) electrons. The Bertz CT molecular complexity index is 946. The molecule has 2 aliphatic heterocycles. The van der Waals surface area contributed by atoms with Gasteiger partial charge in [-0.05, 0) is 30.5 Å². The summed E-state index contributed by atoms with van der Waals surface area (Å²) in [5.41, 5.74) is 1.01. The molecular weight excluding hydrogens is 431 g/mol. The Morgan fingerprint density at radius 1 is 1.18 bits per heavy atom. The predicted molar refractivity (Wildman–Crippen MR) is 114 cm³/mol. The van der Waals surface area contributed by atoms with Crippen LogP contribution in [0, 0.1) is 5.82 Å². The highest BCUT2D eigenvalue weighted by molar-refractivity contribution is 5.92. The Kier molecular flexibility index (Phi) is 7.58. The van der Waals surface area contributed by atoms with Gasteiger partial charge in [0, 0.05) is 25.5 Å². The molecule has 0 aliphatic carbocycles. The topological polar surface area (TPSA) is 114 Å². The van der Waals surface area contributed by atoms with Gasteiger partial charge in [-0.1, -0.05) is 12.1 Å². The van der Waals surface area contributed by atoms with E-state index in [9.17, 15) is 19.1 Å². The molecule has 0 bridgehead atoms. The average Bonchev–Trinajstić information content (AvgIpc) is 2.82. The van der Waals surface area contributed by atoms with Crippen LogP contribution in [0.5, 0.6) is 0 Å². The molecule has 9 nitrogen and oxygen atoms in total. The van der Waals surface area contributed by atoms with Crippen molar-refractivity contribution in [3.05, 3.63) is 59.9 Å². The van der Waals surface area contributed by atoms with Crippen LogP contribution in [0.4, 0.5) is 4.39 Å². The van der Waals surface area contributed by atoms with Crippen LogP contribution in [0.3, 0.4) is 0 Å². The number of aromatic nitrogens is 2. The summed E-state index contributed by atoms with van der Waals surface area (Å²) in [6.45, 7) is 0.696. The number of amides is 2. The molecule has 2 amide bonds. The SMILES string of the molecule is O=C(C[C@H]1CC[C@H]2[C@@H](COC[C@H](O)CN2C(=O)c2cnccn2)O1)NCc1ccc(F)cc1. The van der Waals surface area contributed by atoms with E-state index >= 15 is 0 Å². The van der Waals surface area contributed by atoms with Gasteiger partial charge in [0.2, 0.25) is 5.91 Å². The van der Waals surface area contributed by atoms with Crippen LogP contribution in [-0.2, 0) is 20.8 Å². The summed E-state index contributed by atoms with van der Waals surface area (Å²) in [5.74, 6) is -0.813. The lowest BCUT2D eigenvalue weighted by molar-refractivity contribution is -0.151. The van der Waals surface area contributed by atoms with E-state index in [-0.39, 0.29) is 61.7 Å². The van der Waals surface area contributed by atoms with E-state index in [1.807, 2.05) is 0 Å². The van der Waals surface area contributed by atoms with Crippen LogP contribution in [-0.4, -0.2) is 75.9 Å². The van der Waals surface area contributed by atoms with Gasteiger partial charge >= 0.3 is 0 Å². The van der Waals surface area contributed by atoms with E-state index in [1.54, 1.807) is 17.0 Å². The predicted octanol–water partition coefficient (Wildman–Crippen LogP) is 1.07. The first kappa shape index (κ1) is 23.2. The van der Waals surface area contributed by atoms with Crippen LogP contribution in [0.25, 0.3) is 0 Å². The maximum absolute atomic E-state index is 13.1. The third-order valence-electron chi connectivity index (χ3n) is 5.84. The van der Waals surface area contributed by atoms with Gasteiger partial charge < -0.3 is 24.8 Å². The van der Waals surface area contributed by atoms with Gasteiger partial charge in [-0.25, -0.2) is 9.37 Å². The maximum Gasteiger partial charge on any atom is 0.274 e. The van der Waals surface area contributed by atoms with Crippen molar-refractivity contribution in [2.24, 2.45) is 0 Å². The van der Waals surface area contributed by atoms with Crippen molar-refractivity contribution < 1.29 is 28.6 Å². The highest BCUT2D eigenvalue weighted by Crippen LogP contribution is 2.28. The molecule has 176 valence electrons. The summed E-state index contributed by atoms with van der Waals surface area (Å²) in [6, 6.07) is 5.64. The van der Waals surface area contributed by atoms with E-state index in [2.05, 4.69) is 15.3 Å². The van der Waals surface area contributed by atoms with Crippen molar-refractivity contribution >= 4 is 11.8 Å². The van der Waals surface area contributed by atoms with Gasteiger partial charge in [-0.2, -0.15) is 0 Å². The van der Waals surface area contributed by atoms with Crippen molar-refractivity contribution in [1.29, 1.82) is 0 Å². The summed E-state index contributed by atoms with van der Waals surface area (Å²) in [4.78, 5) is 35.2. The Morgan fingerprint density at radius 3 is 2.76 bits per heavy atom. The van der Waals surface area contributed by atoms with E-state index in [4.69, 9.17) is 9.47 Å². The van der Waals surface area contributed by atoms with E-state index < -0.39 is 12.2 Å². The molecule has 2 aliphatic rings. The first-order valence-electron chi connectivity index (χ1n) is 11.0. The number of hydrogen-bond acceptors (Lipinski definition) is 7. The normalized spacial score (nSPS) is 25.5. The number of benzene rings is 1. The minimum absolute atomic E-state index is 0.0830. The van der Waals surface area contributed by atoms with Gasteiger partial charge in [-0.15, -0.1) is 0 Å². The molecule has 0 saturated carbocycles. The molecule has 2 N–H and O–H groups in total. The molecule has 1 aromatic carbocycles. The van der Waals surface area contributed by atoms with Crippen molar-refractivity contribution in [3.63, 3.8) is 0 Å². The summed E-state index contributed by atoms with van der Waals surface area (Å²) < 4.78 is 24.8. The molecule has 2 saturated heterocycles. The van der Waals surface area contributed by atoms with Gasteiger partial charge in [0.25, 0.3) is 5.91 Å². The van der Waals surface area contributed by atoms with Gasteiger partial charge in [0.05, 0.1) is 44.1 Å². The zero-order valence-electron chi connectivity index (χ0n) is 18.1. The lowest BCUT2D eigenvalue weighted by atomic mass is 9.94. The zero-order chi connectivity index (χ0) is 23.2. The number of carbonyl (C=O) groups is 2. The molecule has 10 heteroatoms. The number of rotatable bonds is 5.